The molecule has 2 rings (SSSR count). The van der Waals surface area contributed by atoms with Crippen molar-refractivity contribution in [3.05, 3.63) is 0 Å². The van der Waals surface area contributed by atoms with Crippen LogP contribution in [0.15, 0.2) is 0 Å². The van der Waals surface area contributed by atoms with Crippen LogP contribution in [0.2, 0.25) is 0 Å². The third-order valence-electron chi connectivity index (χ3n) is 4.37. The van der Waals surface area contributed by atoms with Crippen LogP contribution in [0.3, 0.4) is 0 Å². The zero-order valence-corrected chi connectivity index (χ0v) is 17.0. The molecular formula is C18H27NO10. The van der Waals surface area contributed by atoms with Crippen LogP contribution < -0.4 is 0 Å². The van der Waals surface area contributed by atoms with Gasteiger partial charge in [0.2, 0.25) is 0 Å². The zero-order valence-electron chi connectivity index (χ0n) is 17.0. The van der Waals surface area contributed by atoms with Crippen LogP contribution in [0.5, 0.6) is 0 Å². The van der Waals surface area contributed by atoms with E-state index in [2.05, 4.69) is 0 Å². The molecule has 0 spiro atoms. The largest absolute Gasteiger partial charge is 0.463 e. The molecule has 0 N–H and O–H groups in total. The standard InChI is InChI=1S/C18H27NO10/c1-10(20)25-9-14-15(26-11(2)21)16(27-12(3)22)17(28-13(4)23)18(29-14)19-5-7-24-8-6-19/h14-18H,5-9H2,1-4H3/t14-,15-,16+,17-,18-/m1/s1. The number of ether oxygens (including phenoxy) is 6. The van der Waals surface area contributed by atoms with Crippen LogP contribution in [-0.4, -0.2) is 92.3 Å². The maximum Gasteiger partial charge on any atom is 0.303 e. The van der Waals surface area contributed by atoms with Gasteiger partial charge in [0.1, 0.15) is 12.7 Å². The van der Waals surface area contributed by atoms with Gasteiger partial charge in [-0.2, -0.15) is 0 Å². The van der Waals surface area contributed by atoms with Gasteiger partial charge in [0.05, 0.1) is 13.2 Å². The van der Waals surface area contributed by atoms with Gasteiger partial charge in [-0.3, -0.25) is 24.1 Å². The van der Waals surface area contributed by atoms with Crippen molar-refractivity contribution in [3.8, 4) is 0 Å². The number of rotatable bonds is 6. The fraction of sp³-hybridized carbons (Fsp3) is 0.778. The number of hydrogen-bond acceptors (Lipinski definition) is 11. The minimum Gasteiger partial charge on any atom is -0.463 e. The lowest BCUT2D eigenvalue weighted by molar-refractivity contribution is -0.282. The van der Waals surface area contributed by atoms with E-state index in [0.29, 0.717) is 26.3 Å². The lowest BCUT2D eigenvalue weighted by Crippen LogP contribution is -2.67. The topological polar surface area (TPSA) is 127 Å². The van der Waals surface area contributed by atoms with Gasteiger partial charge in [-0.25, -0.2) is 0 Å². The number of morpholine rings is 1. The molecule has 5 atom stereocenters. The molecular weight excluding hydrogens is 390 g/mol. The van der Waals surface area contributed by atoms with Crippen LogP contribution in [0, 0.1) is 0 Å². The summed E-state index contributed by atoms with van der Waals surface area (Å²) in [4.78, 5) is 48.4. The predicted octanol–water partition coefficient (Wildman–Crippen LogP) is -0.598. The van der Waals surface area contributed by atoms with Gasteiger partial charge in [0.15, 0.2) is 24.5 Å². The van der Waals surface area contributed by atoms with E-state index in [-0.39, 0.29) is 6.61 Å². The molecule has 0 aromatic rings. The second-order valence-electron chi connectivity index (χ2n) is 6.74. The van der Waals surface area contributed by atoms with Gasteiger partial charge in [-0.15, -0.1) is 0 Å². The van der Waals surface area contributed by atoms with E-state index in [9.17, 15) is 19.2 Å². The van der Waals surface area contributed by atoms with E-state index in [1.807, 2.05) is 4.90 Å². The van der Waals surface area contributed by atoms with E-state index < -0.39 is 54.5 Å². The van der Waals surface area contributed by atoms with Gasteiger partial charge < -0.3 is 28.4 Å². The first-order chi connectivity index (χ1) is 13.7. The fourth-order valence-electron chi connectivity index (χ4n) is 3.33. The highest BCUT2D eigenvalue weighted by atomic mass is 16.7. The van der Waals surface area contributed by atoms with E-state index in [4.69, 9.17) is 28.4 Å². The molecule has 0 saturated carbocycles. The van der Waals surface area contributed by atoms with E-state index in [1.165, 1.54) is 27.7 Å². The summed E-state index contributed by atoms with van der Waals surface area (Å²) in [5, 5.41) is 0. The molecule has 11 heteroatoms. The van der Waals surface area contributed by atoms with Gasteiger partial charge in [-0.1, -0.05) is 0 Å². The average molecular weight is 417 g/mol. The SMILES string of the molecule is CC(=O)OC[C@H]1O[C@@H](N2CCOCC2)[C@H](OC(C)=O)[C@@H](OC(C)=O)[C@@H]1OC(C)=O. The van der Waals surface area contributed by atoms with Gasteiger partial charge in [0.25, 0.3) is 0 Å². The maximum atomic E-state index is 11.8. The summed E-state index contributed by atoms with van der Waals surface area (Å²) in [5.41, 5.74) is 0. The molecule has 2 aliphatic rings. The quantitative estimate of drug-likeness (QED) is 0.406. The lowest BCUT2D eigenvalue weighted by atomic mass is 9.96. The normalized spacial score (nSPS) is 30.1. The van der Waals surface area contributed by atoms with E-state index >= 15 is 0 Å². The van der Waals surface area contributed by atoms with E-state index in [0.717, 1.165) is 0 Å². The summed E-state index contributed by atoms with van der Waals surface area (Å²) in [5.74, 6) is -2.48. The zero-order chi connectivity index (χ0) is 21.6. The molecule has 29 heavy (non-hydrogen) atoms. The second kappa shape index (κ2) is 10.5. The molecule has 11 nitrogen and oxygen atoms in total. The van der Waals surface area contributed by atoms with Crippen molar-refractivity contribution in [1.29, 1.82) is 0 Å². The Balaban J connectivity index is 2.40. The highest BCUT2D eigenvalue weighted by Gasteiger charge is 2.53. The highest BCUT2D eigenvalue weighted by Crippen LogP contribution is 2.31. The van der Waals surface area contributed by atoms with Crippen LogP contribution in [0.25, 0.3) is 0 Å². The summed E-state index contributed by atoms with van der Waals surface area (Å²) in [6.07, 6.45) is -5.11. The van der Waals surface area contributed by atoms with Gasteiger partial charge >= 0.3 is 23.9 Å². The number of esters is 4. The van der Waals surface area contributed by atoms with Crippen LogP contribution in [0.4, 0.5) is 0 Å². The summed E-state index contributed by atoms with van der Waals surface area (Å²) in [7, 11) is 0. The van der Waals surface area contributed by atoms with Crippen molar-refractivity contribution in [2.45, 2.75) is 58.3 Å². The molecule has 0 amide bonds. The van der Waals surface area contributed by atoms with Crippen molar-refractivity contribution >= 4 is 23.9 Å². The first-order valence-corrected chi connectivity index (χ1v) is 9.31. The number of carbonyl (C=O) groups is 4. The molecule has 0 bridgehead atoms. The Bertz CT molecular complexity index is 618. The summed E-state index contributed by atoms with van der Waals surface area (Å²) >= 11 is 0. The molecule has 0 aromatic heterocycles. The minimum absolute atomic E-state index is 0.237. The summed E-state index contributed by atoms with van der Waals surface area (Å²) < 4.78 is 32.6. The molecule has 0 aromatic carbocycles. The average Bonchev–Trinajstić information content (AvgIpc) is 2.63. The Kier molecular flexibility index (Phi) is 8.35. The highest BCUT2D eigenvalue weighted by molar-refractivity contribution is 5.68. The van der Waals surface area contributed by atoms with Gasteiger partial charge in [-0.05, 0) is 0 Å². The molecule has 2 aliphatic heterocycles. The van der Waals surface area contributed by atoms with Crippen LogP contribution in [-0.2, 0) is 47.6 Å². The first-order valence-electron chi connectivity index (χ1n) is 9.31. The predicted molar refractivity (Wildman–Crippen MR) is 94.3 cm³/mol. The third kappa shape index (κ3) is 6.65. The maximum absolute atomic E-state index is 11.8. The van der Waals surface area contributed by atoms with Crippen LogP contribution >= 0.6 is 0 Å². The number of hydrogen-bond donors (Lipinski definition) is 0. The Morgan fingerprint density at radius 2 is 1.31 bits per heavy atom. The monoisotopic (exact) mass is 417 g/mol. The molecule has 0 aliphatic carbocycles. The molecule has 2 saturated heterocycles. The molecule has 2 fully saturated rings. The summed E-state index contributed by atoms with van der Waals surface area (Å²) in [6.45, 7) is 6.42. The van der Waals surface area contributed by atoms with Crippen molar-refractivity contribution < 1.29 is 47.6 Å². The van der Waals surface area contributed by atoms with Crippen molar-refractivity contribution in [3.63, 3.8) is 0 Å². The lowest BCUT2D eigenvalue weighted by Gasteiger charge is -2.48. The van der Waals surface area contributed by atoms with Crippen molar-refractivity contribution in [2.24, 2.45) is 0 Å². The Hall–Kier alpha value is -2.24. The first kappa shape index (κ1) is 23.0. The Morgan fingerprint density at radius 1 is 0.793 bits per heavy atom. The van der Waals surface area contributed by atoms with Crippen molar-refractivity contribution in [2.75, 3.05) is 32.9 Å². The second-order valence-corrected chi connectivity index (χ2v) is 6.74. The number of carbonyl (C=O) groups excluding carboxylic acids is 4. The molecule has 2 heterocycles. The van der Waals surface area contributed by atoms with Gasteiger partial charge in [0, 0.05) is 40.8 Å². The molecule has 0 unspecified atom stereocenters. The molecule has 0 radical (unpaired) electrons. The van der Waals surface area contributed by atoms with E-state index in [1.54, 1.807) is 0 Å². The Morgan fingerprint density at radius 3 is 1.83 bits per heavy atom. The third-order valence-corrected chi connectivity index (χ3v) is 4.37. The van der Waals surface area contributed by atoms with Crippen molar-refractivity contribution in [1.82, 2.24) is 4.90 Å². The minimum atomic E-state index is -1.15. The summed E-state index contributed by atoms with van der Waals surface area (Å²) in [6, 6.07) is 0. The molecule has 164 valence electrons. The fourth-order valence-corrected chi connectivity index (χ4v) is 3.33. The smallest absolute Gasteiger partial charge is 0.303 e. The van der Waals surface area contributed by atoms with Crippen LogP contribution in [0.1, 0.15) is 27.7 Å². The Labute approximate surface area is 168 Å². The number of nitrogens with zero attached hydrogens (tertiary/aromatic N) is 1.